The van der Waals surface area contributed by atoms with Gasteiger partial charge < -0.3 is 10.1 Å². The number of nitrogens with one attached hydrogen (secondary N) is 1. The lowest BCUT2D eigenvalue weighted by atomic mass is 9.96. The lowest BCUT2D eigenvalue weighted by molar-refractivity contribution is -0.00861. The van der Waals surface area contributed by atoms with Crippen LogP contribution < -0.4 is 5.32 Å². The Bertz CT molecular complexity index is 364. The Morgan fingerprint density at radius 1 is 1.22 bits per heavy atom. The first kappa shape index (κ1) is 13.6. The number of rotatable bonds is 6. The fourth-order valence-corrected chi connectivity index (χ4v) is 2.50. The molecular weight excluding hydrogens is 222 g/mol. The number of likely N-dealkylation sites (N-methyl/N-ethyl adjacent to an activating group) is 1. The fourth-order valence-electron chi connectivity index (χ4n) is 2.50. The predicted octanol–water partition coefficient (Wildman–Crippen LogP) is 3.52. The zero-order valence-electron chi connectivity index (χ0n) is 11.8. The molecule has 0 bridgehead atoms. The van der Waals surface area contributed by atoms with Gasteiger partial charge in [-0.05, 0) is 45.2 Å². The predicted molar refractivity (Wildman–Crippen MR) is 75.9 cm³/mol. The van der Waals surface area contributed by atoms with E-state index in [0.717, 1.165) is 13.2 Å². The Hall–Kier alpha value is -0.860. The van der Waals surface area contributed by atoms with Crippen molar-refractivity contribution in [3.05, 3.63) is 34.9 Å². The molecule has 18 heavy (non-hydrogen) atoms. The van der Waals surface area contributed by atoms with Gasteiger partial charge in [-0.2, -0.15) is 0 Å². The number of hydrogen-bond acceptors (Lipinski definition) is 2. The van der Waals surface area contributed by atoms with E-state index in [2.05, 4.69) is 44.3 Å². The maximum Gasteiger partial charge on any atom is 0.0665 e. The number of benzene rings is 1. The van der Waals surface area contributed by atoms with Crippen LogP contribution in [0.25, 0.3) is 0 Å². The summed E-state index contributed by atoms with van der Waals surface area (Å²) in [6.45, 7) is 8.24. The van der Waals surface area contributed by atoms with Gasteiger partial charge in [0.25, 0.3) is 0 Å². The molecule has 0 aromatic heterocycles. The van der Waals surface area contributed by atoms with Crippen LogP contribution in [0.4, 0.5) is 0 Å². The molecule has 0 spiro atoms. The van der Waals surface area contributed by atoms with Crippen molar-refractivity contribution in [1.29, 1.82) is 0 Å². The van der Waals surface area contributed by atoms with Gasteiger partial charge in [-0.15, -0.1) is 0 Å². The van der Waals surface area contributed by atoms with E-state index in [1.54, 1.807) is 0 Å². The first-order valence-corrected chi connectivity index (χ1v) is 7.12. The van der Waals surface area contributed by atoms with Crippen molar-refractivity contribution in [3.63, 3.8) is 0 Å². The number of aryl methyl sites for hydroxylation is 2. The van der Waals surface area contributed by atoms with Gasteiger partial charge >= 0.3 is 0 Å². The molecule has 2 heteroatoms. The van der Waals surface area contributed by atoms with Crippen LogP contribution in [0.15, 0.2) is 18.2 Å². The molecule has 0 heterocycles. The van der Waals surface area contributed by atoms with Crippen molar-refractivity contribution in [2.45, 2.75) is 52.2 Å². The molecule has 2 nitrogen and oxygen atoms in total. The summed E-state index contributed by atoms with van der Waals surface area (Å²) in [5, 5.41) is 3.53. The van der Waals surface area contributed by atoms with E-state index in [9.17, 15) is 0 Å². The zero-order valence-corrected chi connectivity index (χ0v) is 11.8. The van der Waals surface area contributed by atoms with Crippen LogP contribution in [0.2, 0.25) is 0 Å². The van der Waals surface area contributed by atoms with Gasteiger partial charge in [-0.25, -0.2) is 0 Å². The summed E-state index contributed by atoms with van der Waals surface area (Å²) in [7, 11) is 0. The van der Waals surface area contributed by atoms with Crippen LogP contribution in [0.3, 0.4) is 0 Å². The average molecular weight is 247 g/mol. The monoisotopic (exact) mass is 247 g/mol. The van der Waals surface area contributed by atoms with Crippen LogP contribution in [-0.2, 0) is 4.74 Å². The minimum atomic E-state index is 0.328. The summed E-state index contributed by atoms with van der Waals surface area (Å²) < 4.78 is 5.96. The van der Waals surface area contributed by atoms with Crippen molar-refractivity contribution in [1.82, 2.24) is 5.32 Å². The first-order valence-electron chi connectivity index (χ1n) is 7.12. The molecule has 0 amide bonds. The fraction of sp³-hybridized carbons (Fsp3) is 0.625. The van der Waals surface area contributed by atoms with E-state index in [1.807, 2.05) is 0 Å². The molecule has 0 saturated heterocycles. The van der Waals surface area contributed by atoms with Crippen molar-refractivity contribution >= 4 is 0 Å². The third-order valence-electron chi connectivity index (χ3n) is 3.65. The van der Waals surface area contributed by atoms with E-state index in [1.165, 1.54) is 36.0 Å². The summed E-state index contributed by atoms with van der Waals surface area (Å²) in [4.78, 5) is 0. The largest absolute Gasteiger partial charge is 0.376 e. The molecular formula is C16H25NO. The van der Waals surface area contributed by atoms with Crippen LogP contribution >= 0.6 is 0 Å². The summed E-state index contributed by atoms with van der Waals surface area (Å²) in [5.74, 6) is 0. The van der Waals surface area contributed by atoms with Gasteiger partial charge in [0.05, 0.1) is 18.8 Å². The Kier molecular flexibility index (Phi) is 4.79. The van der Waals surface area contributed by atoms with Gasteiger partial charge in [0.1, 0.15) is 0 Å². The molecule has 0 radical (unpaired) electrons. The second-order valence-corrected chi connectivity index (χ2v) is 5.42. The van der Waals surface area contributed by atoms with Crippen molar-refractivity contribution in [2.24, 2.45) is 0 Å². The molecule has 1 fully saturated rings. The van der Waals surface area contributed by atoms with E-state index in [4.69, 9.17) is 4.74 Å². The second kappa shape index (κ2) is 6.35. The van der Waals surface area contributed by atoms with Crippen LogP contribution in [0.5, 0.6) is 0 Å². The maximum atomic E-state index is 5.96. The Labute approximate surface area is 111 Å². The lowest BCUT2D eigenvalue weighted by Crippen LogP contribution is -2.30. The van der Waals surface area contributed by atoms with Gasteiger partial charge in [0, 0.05) is 0 Å². The van der Waals surface area contributed by atoms with Crippen molar-refractivity contribution < 1.29 is 4.74 Å². The van der Waals surface area contributed by atoms with Crippen molar-refractivity contribution in [2.75, 3.05) is 13.2 Å². The van der Waals surface area contributed by atoms with E-state index in [0.29, 0.717) is 12.1 Å². The molecule has 1 unspecified atom stereocenters. The second-order valence-electron chi connectivity index (χ2n) is 5.42. The molecule has 1 aromatic rings. The minimum Gasteiger partial charge on any atom is -0.376 e. The van der Waals surface area contributed by atoms with E-state index >= 15 is 0 Å². The molecule has 100 valence electrons. The van der Waals surface area contributed by atoms with Crippen LogP contribution in [0.1, 0.15) is 48.9 Å². The first-order chi connectivity index (χ1) is 8.69. The molecule has 1 N–H and O–H groups in total. The summed E-state index contributed by atoms with van der Waals surface area (Å²) >= 11 is 0. The number of ether oxygens (including phenoxy) is 1. The molecule has 2 rings (SSSR count). The summed E-state index contributed by atoms with van der Waals surface area (Å²) in [6, 6.07) is 7.09. The highest BCUT2D eigenvalue weighted by atomic mass is 16.5. The highest BCUT2D eigenvalue weighted by Crippen LogP contribution is 2.24. The van der Waals surface area contributed by atoms with Gasteiger partial charge in [-0.1, -0.05) is 36.2 Å². The Morgan fingerprint density at radius 3 is 2.39 bits per heavy atom. The minimum absolute atomic E-state index is 0.328. The highest BCUT2D eigenvalue weighted by Gasteiger charge is 2.20. The normalized spacial score (nSPS) is 17.5. The smallest absolute Gasteiger partial charge is 0.0665 e. The molecule has 1 aliphatic carbocycles. The zero-order chi connectivity index (χ0) is 13.0. The van der Waals surface area contributed by atoms with Crippen molar-refractivity contribution in [3.8, 4) is 0 Å². The SMILES string of the molecule is CCNC(COC1CCC1)c1cc(C)cc(C)c1. The molecule has 1 saturated carbocycles. The molecule has 1 atom stereocenters. The highest BCUT2D eigenvalue weighted by molar-refractivity contribution is 5.30. The van der Waals surface area contributed by atoms with Gasteiger partial charge in [-0.3, -0.25) is 0 Å². The third-order valence-corrected chi connectivity index (χ3v) is 3.65. The maximum absolute atomic E-state index is 5.96. The van der Waals surface area contributed by atoms with E-state index < -0.39 is 0 Å². The van der Waals surface area contributed by atoms with Gasteiger partial charge in [0.15, 0.2) is 0 Å². The average Bonchev–Trinajstić information content (AvgIpc) is 2.24. The standard InChI is InChI=1S/C16H25NO/c1-4-17-16(11-18-15-6-5-7-15)14-9-12(2)8-13(3)10-14/h8-10,15-17H,4-7,11H2,1-3H3. The molecule has 1 aromatic carbocycles. The summed E-state index contributed by atoms with van der Waals surface area (Å²) in [6.07, 6.45) is 4.33. The quantitative estimate of drug-likeness (QED) is 0.830. The molecule has 1 aliphatic rings. The van der Waals surface area contributed by atoms with Gasteiger partial charge in [0.2, 0.25) is 0 Å². The van der Waals surface area contributed by atoms with E-state index in [-0.39, 0.29) is 0 Å². The Morgan fingerprint density at radius 2 is 1.89 bits per heavy atom. The topological polar surface area (TPSA) is 21.3 Å². The third kappa shape index (κ3) is 3.56. The van der Waals surface area contributed by atoms with Crippen LogP contribution in [0, 0.1) is 13.8 Å². The number of hydrogen-bond donors (Lipinski definition) is 1. The van der Waals surface area contributed by atoms with Crippen LogP contribution in [-0.4, -0.2) is 19.3 Å². The lowest BCUT2D eigenvalue weighted by Gasteiger charge is -2.28. The Balaban J connectivity index is 2.02. The molecule has 0 aliphatic heterocycles. The summed E-state index contributed by atoms with van der Waals surface area (Å²) in [5.41, 5.74) is 4.02.